The summed E-state index contributed by atoms with van der Waals surface area (Å²) in [5.41, 5.74) is 1.27. The van der Waals surface area contributed by atoms with Crippen molar-refractivity contribution in [3.63, 3.8) is 0 Å². The van der Waals surface area contributed by atoms with Gasteiger partial charge in [-0.1, -0.05) is 13.8 Å². The molecular weight excluding hydrogens is 294 g/mol. The van der Waals surface area contributed by atoms with Crippen molar-refractivity contribution in [2.45, 2.75) is 20.3 Å². The minimum Gasteiger partial charge on any atom is -0.486 e. The van der Waals surface area contributed by atoms with E-state index in [1.54, 1.807) is 0 Å². The molecule has 0 atom stereocenters. The lowest BCUT2D eigenvalue weighted by Crippen LogP contribution is -2.22. The smallest absolute Gasteiger partial charge is 0.175 e. The van der Waals surface area contributed by atoms with Crippen LogP contribution >= 0.6 is 15.9 Å². The highest BCUT2D eigenvalue weighted by atomic mass is 79.9. The standard InChI is InChI=1S/C14H20BrNO2/c1-10(2)9-16-4-3-11-7-12(15)14-13(8-11)17-5-6-18-14/h7-8,10,16H,3-6,9H2,1-2H3. The molecule has 4 heteroatoms. The van der Waals surface area contributed by atoms with Crippen molar-refractivity contribution in [1.29, 1.82) is 0 Å². The summed E-state index contributed by atoms with van der Waals surface area (Å²) in [5.74, 6) is 2.38. The number of benzene rings is 1. The second-order valence-corrected chi connectivity index (χ2v) is 5.80. The van der Waals surface area contributed by atoms with E-state index in [9.17, 15) is 0 Å². The second kappa shape index (κ2) is 6.43. The maximum Gasteiger partial charge on any atom is 0.175 e. The van der Waals surface area contributed by atoms with Gasteiger partial charge in [-0.05, 0) is 59.1 Å². The van der Waals surface area contributed by atoms with Crippen molar-refractivity contribution in [3.8, 4) is 11.5 Å². The van der Waals surface area contributed by atoms with E-state index in [0.717, 1.165) is 35.5 Å². The Hall–Kier alpha value is -0.740. The zero-order chi connectivity index (χ0) is 13.0. The molecule has 1 N–H and O–H groups in total. The van der Waals surface area contributed by atoms with Gasteiger partial charge < -0.3 is 14.8 Å². The molecule has 1 aromatic carbocycles. The van der Waals surface area contributed by atoms with Crippen LogP contribution in [0.3, 0.4) is 0 Å². The Bertz CT molecular complexity index is 407. The minimum atomic E-state index is 0.626. The average Bonchev–Trinajstić information content (AvgIpc) is 2.35. The molecule has 100 valence electrons. The van der Waals surface area contributed by atoms with Crippen LogP contribution in [0.5, 0.6) is 11.5 Å². The van der Waals surface area contributed by atoms with E-state index in [2.05, 4.69) is 47.2 Å². The molecule has 0 aromatic heterocycles. The molecular formula is C14H20BrNO2. The van der Waals surface area contributed by atoms with Gasteiger partial charge in [-0.3, -0.25) is 0 Å². The molecule has 18 heavy (non-hydrogen) atoms. The lowest BCUT2D eigenvalue weighted by atomic mass is 10.1. The zero-order valence-electron chi connectivity index (χ0n) is 11.0. The summed E-state index contributed by atoms with van der Waals surface area (Å²) in [6, 6.07) is 4.20. The maximum absolute atomic E-state index is 5.61. The number of nitrogens with one attached hydrogen (secondary N) is 1. The molecule has 2 rings (SSSR count). The van der Waals surface area contributed by atoms with E-state index < -0.39 is 0 Å². The molecule has 3 nitrogen and oxygen atoms in total. The van der Waals surface area contributed by atoms with E-state index in [0.29, 0.717) is 19.1 Å². The zero-order valence-corrected chi connectivity index (χ0v) is 12.5. The van der Waals surface area contributed by atoms with Gasteiger partial charge in [-0.15, -0.1) is 0 Å². The summed E-state index contributed by atoms with van der Waals surface area (Å²) in [6.45, 7) is 7.74. The first kappa shape index (κ1) is 13.7. The van der Waals surface area contributed by atoms with Crippen molar-refractivity contribution >= 4 is 15.9 Å². The molecule has 0 unspecified atom stereocenters. The largest absolute Gasteiger partial charge is 0.486 e. The van der Waals surface area contributed by atoms with E-state index in [1.807, 2.05) is 0 Å². The molecule has 0 amide bonds. The van der Waals surface area contributed by atoms with Gasteiger partial charge in [0.15, 0.2) is 11.5 Å². The molecule has 1 aliphatic heterocycles. The second-order valence-electron chi connectivity index (χ2n) is 4.95. The number of rotatable bonds is 5. The number of ether oxygens (including phenoxy) is 2. The van der Waals surface area contributed by atoms with Gasteiger partial charge in [0.1, 0.15) is 13.2 Å². The summed E-state index contributed by atoms with van der Waals surface area (Å²) in [4.78, 5) is 0. The Balaban J connectivity index is 1.95. The van der Waals surface area contributed by atoms with E-state index >= 15 is 0 Å². The predicted octanol–water partition coefficient (Wildman–Crippen LogP) is 3.01. The van der Waals surface area contributed by atoms with Crippen LogP contribution in [0.2, 0.25) is 0 Å². The van der Waals surface area contributed by atoms with Gasteiger partial charge >= 0.3 is 0 Å². The highest BCUT2D eigenvalue weighted by Gasteiger charge is 2.15. The Morgan fingerprint density at radius 2 is 2.06 bits per heavy atom. The number of hydrogen-bond acceptors (Lipinski definition) is 3. The molecule has 0 fully saturated rings. The topological polar surface area (TPSA) is 30.5 Å². The fourth-order valence-corrected chi connectivity index (χ4v) is 2.54. The van der Waals surface area contributed by atoms with Crippen LogP contribution in [-0.4, -0.2) is 26.3 Å². The van der Waals surface area contributed by atoms with Crippen LogP contribution in [-0.2, 0) is 6.42 Å². The fourth-order valence-electron chi connectivity index (χ4n) is 1.93. The van der Waals surface area contributed by atoms with Gasteiger partial charge in [0, 0.05) is 0 Å². The van der Waals surface area contributed by atoms with Crippen molar-refractivity contribution < 1.29 is 9.47 Å². The van der Waals surface area contributed by atoms with E-state index in [-0.39, 0.29) is 0 Å². The van der Waals surface area contributed by atoms with Gasteiger partial charge in [0.2, 0.25) is 0 Å². The molecule has 0 radical (unpaired) electrons. The summed E-state index contributed by atoms with van der Waals surface area (Å²) in [7, 11) is 0. The molecule has 0 bridgehead atoms. The third-order valence-corrected chi connectivity index (χ3v) is 3.39. The molecule has 1 aliphatic rings. The van der Waals surface area contributed by atoms with Crippen LogP contribution in [0.1, 0.15) is 19.4 Å². The summed E-state index contributed by atoms with van der Waals surface area (Å²) in [6.07, 6.45) is 1.00. The number of fused-ring (bicyclic) bond motifs is 1. The SMILES string of the molecule is CC(C)CNCCc1cc(Br)c2c(c1)OCCO2. The molecule has 0 aliphatic carbocycles. The lowest BCUT2D eigenvalue weighted by molar-refractivity contribution is 0.170. The Morgan fingerprint density at radius 1 is 1.28 bits per heavy atom. The Kier molecular flexibility index (Phi) is 4.89. The minimum absolute atomic E-state index is 0.626. The summed E-state index contributed by atoms with van der Waals surface area (Å²) < 4.78 is 12.2. The lowest BCUT2D eigenvalue weighted by Gasteiger charge is -2.20. The van der Waals surface area contributed by atoms with Crippen molar-refractivity contribution in [2.24, 2.45) is 5.92 Å². The normalized spacial score (nSPS) is 14.0. The molecule has 0 saturated heterocycles. The van der Waals surface area contributed by atoms with Crippen LogP contribution in [0.4, 0.5) is 0 Å². The molecule has 1 aromatic rings. The predicted molar refractivity (Wildman–Crippen MR) is 76.5 cm³/mol. The maximum atomic E-state index is 5.61. The summed E-state index contributed by atoms with van der Waals surface area (Å²) >= 11 is 3.54. The van der Waals surface area contributed by atoms with Gasteiger partial charge in [0.25, 0.3) is 0 Å². The summed E-state index contributed by atoms with van der Waals surface area (Å²) in [5, 5.41) is 3.45. The molecule has 1 heterocycles. The van der Waals surface area contributed by atoms with Gasteiger partial charge in [-0.25, -0.2) is 0 Å². The number of halogens is 1. The average molecular weight is 314 g/mol. The van der Waals surface area contributed by atoms with E-state index in [4.69, 9.17) is 9.47 Å². The molecule has 0 spiro atoms. The molecule has 0 saturated carbocycles. The van der Waals surface area contributed by atoms with Crippen molar-refractivity contribution in [3.05, 3.63) is 22.2 Å². The third kappa shape index (κ3) is 3.62. The first-order valence-corrected chi connectivity index (χ1v) is 7.25. The fraction of sp³-hybridized carbons (Fsp3) is 0.571. The van der Waals surface area contributed by atoms with Crippen molar-refractivity contribution in [1.82, 2.24) is 5.32 Å². The van der Waals surface area contributed by atoms with Crippen LogP contribution in [0, 0.1) is 5.92 Å². The number of hydrogen-bond donors (Lipinski definition) is 1. The van der Waals surface area contributed by atoms with Crippen LogP contribution < -0.4 is 14.8 Å². The highest BCUT2D eigenvalue weighted by Crippen LogP contribution is 2.38. The van der Waals surface area contributed by atoms with E-state index in [1.165, 1.54) is 5.56 Å². The first-order chi connectivity index (χ1) is 8.66. The monoisotopic (exact) mass is 313 g/mol. The first-order valence-electron chi connectivity index (χ1n) is 6.45. The highest BCUT2D eigenvalue weighted by molar-refractivity contribution is 9.10. The van der Waals surface area contributed by atoms with Gasteiger partial charge in [-0.2, -0.15) is 0 Å². The van der Waals surface area contributed by atoms with Crippen LogP contribution in [0.15, 0.2) is 16.6 Å². The van der Waals surface area contributed by atoms with Crippen molar-refractivity contribution in [2.75, 3.05) is 26.3 Å². The van der Waals surface area contributed by atoms with Gasteiger partial charge in [0.05, 0.1) is 4.47 Å². The van der Waals surface area contributed by atoms with Crippen LogP contribution in [0.25, 0.3) is 0 Å². The quantitative estimate of drug-likeness (QED) is 0.848. The Morgan fingerprint density at radius 3 is 2.83 bits per heavy atom. The Labute approximate surface area is 117 Å². The third-order valence-electron chi connectivity index (χ3n) is 2.80.